The van der Waals surface area contributed by atoms with E-state index in [0.29, 0.717) is 24.9 Å². The van der Waals surface area contributed by atoms with Crippen LogP contribution in [-0.4, -0.2) is 47.0 Å². The van der Waals surface area contributed by atoms with E-state index < -0.39 is 24.7 Å². The van der Waals surface area contributed by atoms with Crippen LogP contribution in [0.1, 0.15) is 23.2 Å². The maximum absolute atomic E-state index is 12.3. The Bertz CT molecular complexity index is 850. The molecule has 0 bridgehead atoms. The van der Waals surface area contributed by atoms with Gasteiger partial charge >= 0.3 is 12.1 Å². The van der Waals surface area contributed by atoms with Crippen LogP contribution >= 0.6 is 15.9 Å². The van der Waals surface area contributed by atoms with Gasteiger partial charge in [-0.05, 0) is 41.8 Å². The van der Waals surface area contributed by atoms with E-state index in [1.54, 1.807) is 12.1 Å². The Morgan fingerprint density at radius 3 is 2.64 bits per heavy atom. The fraction of sp³-hybridized carbons (Fsp3) is 0.278. The summed E-state index contributed by atoms with van der Waals surface area (Å²) in [6, 6.07) is 10.2. The molecule has 1 aliphatic heterocycles. The number of ether oxygens (including phenoxy) is 1. The van der Waals surface area contributed by atoms with Crippen molar-refractivity contribution in [3.63, 3.8) is 0 Å². The predicted octanol–water partition coefficient (Wildman–Crippen LogP) is 3.47. The molecule has 130 valence electrons. The van der Waals surface area contributed by atoms with E-state index in [1.807, 2.05) is 24.3 Å². The first-order valence-electron chi connectivity index (χ1n) is 7.84. The third kappa shape index (κ3) is 3.82. The van der Waals surface area contributed by atoms with Gasteiger partial charge in [-0.2, -0.15) is 0 Å². The number of ketones is 1. The number of fused-ring (bicyclic) bond motifs is 1. The van der Waals surface area contributed by atoms with Crippen molar-refractivity contribution in [3.8, 4) is 0 Å². The molecule has 1 atom stereocenters. The molecule has 25 heavy (non-hydrogen) atoms. The van der Waals surface area contributed by atoms with Gasteiger partial charge in [-0.25, -0.2) is 9.59 Å². The zero-order valence-electron chi connectivity index (χ0n) is 13.3. The average molecular weight is 406 g/mol. The van der Waals surface area contributed by atoms with Crippen molar-refractivity contribution in [2.45, 2.75) is 18.9 Å². The highest BCUT2D eigenvalue weighted by molar-refractivity contribution is 9.10. The van der Waals surface area contributed by atoms with Crippen LogP contribution in [0.5, 0.6) is 0 Å². The Morgan fingerprint density at radius 2 is 1.88 bits per heavy atom. The van der Waals surface area contributed by atoms with Gasteiger partial charge in [0.15, 0.2) is 12.4 Å². The van der Waals surface area contributed by atoms with Gasteiger partial charge in [0.25, 0.3) is 0 Å². The molecular weight excluding hydrogens is 390 g/mol. The van der Waals surface area contributed by atoms with E-state index in [1.165, 1.54) is 0 Å². The van der Waals surface area contributed by atoms with E-state index in [4.69, 9.17) is 9.84 Å². The van der Waals surface area contributed by atoms with Crippen molar-refractivity contribution in [1.82, 2.24) is 4.90 Å². The molecule has 1 N–H and O–H groups in total. The van der Waals surface area contributed by atoms with E-state index >= 15 is 0 Å². The van der Waals surface area contributed by atoms with E-state index in [0.717, 1.165) is 20.1 Å². The second-order valence-electron chi connectivity index (χ2n) is 5.87. The fourth-order valence-electron chi connectivity index (χ4n) is 2.95. The number of rotatable bonds is 4. The maximum atomic E-state index is 12.3. The Balaban J connectivity index is 1.65. The number of halogens is 1. The van der Waals surface area contributed by atoms with Crippen LogP contribution in [0.2, 0.25) is 0 Å². The molecule has 1 aliphatic rings. The summed E-state index contributed by atoms with van der Waals surface area (Å²) < 4.78 is 6.00. The molecule has 0 spiro atoms. The summed E-state index contributed by atoms with van der Waals surface area (Å²) in [6.45, 7) is -0.0892. The number of nitrogens with zero attached hydrogens (tertiary/aromatic N) is 1. The third-order valence-corrected chi connectivity index (χ3v) is 4.73. The molecule has 0 aliphatic carbocycles. The highest BCUT2D eigenvalue weighted by Crippen LogP contribution is 2.22. The summed E-state index contributed by atoms with van der Waals surface area (Å²) in [6.07, 6.45) is -0.115. The number of hydrogen-bond donors (Lipinski definition) is 1. The SMILES string of the molecule is O=C(COC(=O)C1CCCN1C(=O)O)c1ccc2cc(Br)ccc2c1. The molecule has 0 aromatic heterocycles. The zero-order chi connectivity index (χ0) is 18.0. The van der Waals surface area contributed by atoms with Gasteiger partial charge < -0.3 is 9.84 Å². The van der Waals surface area contributed by atoms with Crippen molar-refractivity contribution in [1.29, 1.82) is 0 Å². The maximum Gasteiger partial charge on any atom is 0.408 e. The molecule has 2 aromatic carbocycles. The highest BCUT2D eigenvalue weighted by atomic mass is 79.9. The second-order valence-corrected chi connectivity index (χ2v) is 6.79. The number of benzene rings is 2. The first-order chi connectivity index (χ1) is 12.0. The van der Waals surface area contributed by atoms with Gasteiger partial charge in [0.05, 0.1) is 0 Å². The molecule has 6 nitrogen and oxygen atoms in total. The number of hydrogen-bond acceptors (Lipinski definition) is 4. The average Bonchev–Trinajstić information content (AvgIpc) is 3.09. The molecule has 2 aromatic rings. The van der Waals surface area contributed by atoms with E-state index in [9.17, 15) is 14.4 Å². The molecule has 0 radical (unpaired) electrons. The smallest absolute Gasteiger partial charge is 0.408 e. The molecule has 1 saturated heterocycles. The third-order valence-electron chi connectivity index (χ3n) is 4.24. The number of carbonyl (C=O) groups excluding carboxylic acids is 2. The highest BCUT2D eigenvalue weighted by Gasteiger charge is 2.35. The van der Waals surface area contributed by atoms with Crippen LogP contribution in [0, 0.1) is 0 Å². The summed E-state index contributed by atoms with van der Waals surface area (Å²) in [4.78, 5) is 36.5. The topological polar surface area (TPSA) is 83.9 Å². The van der Waals surface area contributed by atoms with Gasteiger partial charge in [0.1, 0.15) is 6.04 Å². The van der Waals surface area contributed by atoms with E-state index in [2.05, 4.69) is 15.9 Å². The molecule has 1 fully saturated rings. The number of likely N-dealkylation sites (tertiary alicyclic amines) is 1. The second kappa shape index (κ2) is 7.23. The molecule has 1 heterocycles. The zero-order valence-corrected chi connectivity index (χ0v) is 14.9. The van der Waals surface area contributed by atoms with Crippen molar-refractivity contribution in [2.24, 2.45) is 0 Å². The minimum Gasteiger partial charge on any atom is -0.465 e. The molecule has 0 saturated carbocycles. The van der Waals surface area contributed by atoms with Gasteiger partial charge in [0, 0.05) is 16.6 Å². The van der Waals surface area contributed by atoms with Crippen LogP contribution in [0.4, 0.5) is 4.79 Å². The molecule has 1 unspecified atom stereocenters. The van der Waals surface area contributed by atoms with Crippen LogP contribution < -0.4 is 0 Å². The summed E-state index contributed by atoms with van der Waals surface area (Å²) in [5.74, 6) is -0.990. The van der Waals surface area contributed by atoms with Crippen molar-refractivity contribution < 1.29 is 24.2 Å². The Hall–Kier alpha value is -2.41. The predicted molar refractivity (Wildman–Crippen MR) is 94.7 cm³/mol. The quantitative estimate of drug-likeness (QED) is 0.621. The van der Waals surface area contributed by atoms with Crippen LogP contribution in [0.25, 0.3) is 10.8 Å². The van der Waals surface area contributed by atoms with Crippen molar-refractivity contribution in [2.75, 3.05) is 13.2 Å². The first kappa shape index (κ1) is 17.4. The fourth-order valence-corrected chi connectivity index (χ4v) is 3.33. The first-order valence-corrected chi connectivity index (χ1v) is 8.64. The lowest BCUT2D eigenvalue weighted by atomic mass is 10.0. The Morgan fingerprint density at radius 1 is 1.16 bits per heavy atom. The number of carbonyl (C=O) groups is 3. The number of esters is 1. The lowest BCUT2D eigenvalue weighted by molar-refractivity contribution is -0.147. The normalized spacial score (nSPS) is 16.8. The van der Waals surface area contributed by atoms with Crippen LogP contribution in [0.15, 0.2) is 40.9 Å². The lowest BCUT2D eigenvalue weighted by Gasteiger charge is -2.19. The number of carboxylic acid groups (broad SMARTS) is 1. The largest absolute Gasteiger partial charge is 0.465 e. The van der Waals surface area contributed by atoms with Gasteiger partial charge in [-0.1, -0.05) is 34.1 Å². The summed E-state index contributed by atoms with van der Waals surface area (Å²) in [7, 11) is 0. The molecule has 7 heteroatoms. The summed E-state index contributed by atoms with van der Waals surface area (Å²) in [5.41, 5.74) is 0.448. The molecular formula is C18H16BrNO5. The summed E-state index contributed by atoms with van der Waals surface area (Å²) >= 11 is 3.40. The number of amides is 1. The van der Waals surface area contributed by atoms with Crippen molar-refractivity contribution in [3.05, 3.63) is 46.4 Å². The molecule has 3 rings (SSSR count). The minimum absolute atomic E-state index is 0.309. The van der Waals surface area contributed by atoms with Crippen LogP contribution in [-0.2, 0) is 9.53 Å². The minimum atomic E-state index is -1.15. The Labute approximate surface area is 152 Å². The monoisotopic (exact) mass is 405 g/mol. The standard InChI is InChI=1S/C18H16BrNO5/c19-14-6-5-11-8-13(4-3-12(11)9-14)16(21)10-25-17(22)15-2-1-7-20(15)18(23)24/h3-6,8-9,15H,1-2,7,10H2,(H,23,24). The van der Waals surface area contributed by atoms with E-state index in [-0.39, 0.29) is 5.78 Å². The molecule has 1 amide bonds. The number of Topliss-reactive ketones (excluding diaryl/α,β-unsaturated/α-hetero) is 1. The van der Waals surface area contributed by atoms with Gasteiger partial charge in [-0.3, -0.25) is 9.69 Å². The summed E-state index contributed by atoms with van der Waals surface area (Å²) in [5, 5.41) is 11.0. The Kier molecular flexibility index (Phi) is 5.03. The van der Waals surface area contributed by atoms with Crippen molar-refractivity contribution >= 4 is 44.5 Å². The lowest BCUT2D eigenvalue weighted by Crippen LogP contribution is -2.41. The van der Waals surface area contributed by atoms with Gasteiger partial charge in [-0.15, -0.1) is 0 Å². The van der Waals surface area contributed by atoms with Gasteiger partial charge in [0.2, 0.25) is 0 Å². The van der Waals surface area contributed by atoms with Crippen LogP contribution in [0.3, 0.4) is 0 Å².